The van der Waals surface area contributed by atoms with Gasteiger partial charge in [0.2, 0.25) is 0 Å². The molecule has 0 saturated carbocycles. The highest BCUT2D eigenvalue weighted by molar-refractivity contribution is 7.13. The summed E-state index contributed by atoms with van der Waals surface area (Å²) < 4.78 is 5.50. The summed E-state index contributed by atoms with van der Waals surface area (Å²) in [7, 11) is 0. The Labute approximate surface area is 124 Å². The van der Waals surface area contributed by atoms with Gasteiger partial charge in [-0.15, -0.1) is 22.7 Å². The molecule has 0 fully saturated rings. The average Bonchev–Trinajstić information content (AvgIpc) is 3.16. The molecular formula is C14H12N2O2S2. The molecule has 0 atom stereocenters. The first-order valence-electron chi connectivity index (χ1n) is 6.05. The molecule has 0 radical (unpaired) electrons. The van der Waals surface area contributed by atoms with Crippen LogP contribution in [0.15, 0.2) is 39.4 Å². The van der Waals surface area contributed by atoms with Crippen molar-refractivity contribution >= 4 is 28.6 Å². The summed E-state index contributed by atoms with van der Waals surface area (Å²) in [6, 6.07) is 7.70. The van der Waals surface area contributed by atoms with Gasteiger partial charge in [-0.05, 0) is 30.5 Å². The molecule has 0 saturated heterocycles. The first-order chi connectivity index (χ1) is 9.72. The maximum atomic E-state index is 12.0. The molecule has 0 aliphatic heterocycles. The second-order valence-electron chi connectivity index (χ2n) is 4.21. The van der Waals surface area contributed by atoms with Crippen LogP contribution in [-0.4, -0.2) is 10.9 Å². The van der Waals surface area contributed by atoms with Gasteiger partial charge in [-0.1, -0.05) is 6.07 Å². The van der Waals surface area contributed by atoms with E-state index < -0.39 is 0 Å². The standard InChI is InChI=1S/C14H12N2O2S2/c1-9-4-5-12(18-9)14-16-11(8-20-14)13(17)15-7-10-3-2-6-19-10/h2-6,8H,7H2,1H3,(H,15,17). The molecule has 3 aromatic rings. The third-order valence-electron chi connectivity index (χ3n) is 2.69. The van der Waals surface area contributed by atoms with Crippen LogP contribution in [0.25, 0.3) is 10.8 Å². The van der Waals surface area contributed by atoms with Gasteiger partial charge in [0, 0.05) is 10.3 Å². The van der Waals surface area contributed by atoms with E-state index in [1.807, 2.05) is 36.6 Å². The van der Waals surface area contributed by atoms with E-state index in [-0.39, 0.29) is 5.91 Å². The number of carbonyl (C=O) groups is 1. The lowest BCUT2D eigenvalue weighted by atomic mass is 10.4. The van der Waals surface area contributed by atoms with Crippen molar-refractivity contribution in [2.45, 2.75) is 13.5 Å². The van der Waals surface area contributed by atoms with E-state index in [9.17, 15) is 4.79 Å². The van der Waals surface area contributed by atoms with Crippen LogP contribution >= 0.6 is 22.7 Å². The summed E-state index contributed by atoms with van der Waals surface area (Å²) in [5.41, 5.74) is 0.426. The molecule has 0 aromatic carbocycles. The highest BCUT2D eigenvalue weighted by atomic mass is 32.1. The van der Waals surface area contributed by atoms with Crippen LogP contribution in [0.3, 0.4) is 0 Å². The largest absolute Gasteiger partial charge is 0.459 e. The molecular weight excluding hydrogens is 292 g/mol. The first-order valence-corrected chi connectivity index (χ1v) is 7.81. The zero-order valence-electron chi connectivity index (χ0n) is 10.8. The highest BCUT2D eigenvalue weighted by Crippen LogP contribution is 2.25. The zero-order chi connectivity index (χ0) is 13.9. The van der Waals surface area contributed by atoms with Crippen LogP contribution in [0.4, 0.5) is 0 Å². The van der Waals surface area contributed by atoms with E-state index in [0.717, 1.165) is 15.6 Å². The molecule has 3 heterocycles. The van der Waals surface area contributed by atoms with Gasteiger partial charge >= 0.3 is 0 Å². The van der Waals surface area contributed by atoms with Crippen LogP contribution in [0.1, 0.15) is 21.1 Å². The summed E-state index contributed by atoms with van der Waals surface area (Å²) in [4.78, 5) is 17.4. The number of carbonyl (C=O) groups excluding carboxylic acids is 1. The summed E-state index contributed by atoms with van der Waals surface area (Å²) >= 11 is 3.02. The Morgan fingerprint density at radius 1 is 1.35 bits per heavy atom. The van der Waals surface area contributed by atoms with Crippen LogP contribution in [0.5, 0.6) is 0 Å². The number of nitrogens with zero attached hydrogens (tertiary/aromatic N) is 1. The number of nitrogens with one attached hydrogen (secondary N) is 1. The van der Waals surface area contributed by atoms with Gasteiger partial charge in [0.15, 0.2) is 10.8 Å². The van der Waals surface area contributed by atoms with Crippen molar-refractivity contribution in [3.05, 3.63) is 51.4 Å². The maximum absolute atomic E-state index is 12.0. The lowest BCUT2D eigenvalue weighted by Crippen LogP contribution is -2.22. The smallest absolute Gasteiger partial charge is 0.271 e. The molecule has 3 aromatic heterocycles. The minimum Gasteiger partial charge on any atom is -0.459 e. The van der Waals surface area contributed by atoms with E-state index >= 15 is 0 Å². The zero-order valence-corrected chi connectivity index (χ0v) is 12.4. The van der Waals surface area contributed by atoms with Gasteiger partial charge in [-0.25, -0.2) is 4.98 Å². The summed E-state index contributed by atoms with van der Waals surface area (Å²) in [5, 5.41) is 7.31. The Bertz CT molecular complexity index is 713. The molecule has 102 valence electrons. The molecule has 0 aliphatic carbocycles. The van der Waals surface area contributed by atoms with Gasteiger partial charge in [0.1, 0.15) is 11.5 Å². The number of amides is 1. The van der Waals surface area contributed by atoms with E-state index in [1.165, 1.54) is 11.3 Å². The number of aryl methyl sites for hydroxylation is 1. The van der Waals surface area contributed by atoms with Crippen LogP contribution in [0, 0.1) is 6.92 Å². The number of aromatic nitrogens is 1. The molecule has 1 N–H and O–H groups in total. The molecule has 20 heavy (non-hydrogen) atoms. The number of rotatable bonds is 4. The van der Waals surface area contributed by atoms with Gasteiger partial charge in [-0.3, -0.25) is 4.79 Å². The van der Waals surface area contributed by atoms with Gasteiger partial charge < -0.3 is 9.73 Å². The number of hydrogen-bond donors (Lipinski definition) is 1. The maximum Gasteiger partial charge on any atom is 0.271 e. The second kappa shape index (κ2) is 5.60. The van der Waals surface area contributed by atoms with Gasteiger partial charge in [0.25, 0.3) is 5.91 Å². The topological polar surface area (TPSA) is 55.1 Å². The summed E-state index contributed by atoms with van der Waals surface area (Å²) in [5.74, 6) is 1.37. The van der Waals surface area contributed by atoms with Crippen molar-refractivity contribution in [2.75, 3.05) is 0 Å². The van der Waals surface area contributed by atoms with Crippen LogP contribution in [0.2, 0.25) is 0 Å². The van der Waals surface area contributed by atoms with E-state index in [2.05, 4.69) is 10.3 Å². The lowest BCUT2D eigenvalue weighted by Gasteiger charge is -2.00. The highest BCUT2D eigenvalue weighted by Gasteiger charge is 2.13. The molecule has 1 amide bonds. The Morgan fingerprint density at radius 3 is 2.95 bits per heavy atom. The Hall–Kier alpha value is -1.92. The number of furan rings is 1. The van der Waals surface area contributed by atoms with Crippen LogP contribution in [-0.2, 0) is 6.54 Å². The Morgan fingerprint density at radius 2 is 2.25 bits per heavy atom. The first kappa shape index (κ1) is 13.1. The molecule has 0 unspecified atom stereocenters. The number of thiazole rings is 1. The molecule has 4 nitrogen and oxygen atoms in total. The van der Waals surface area contributed by atoms with E-state index in [0.29, 0.717) is 18.0 Å². The lowest BCUT2D eigenvalue weighted by molar-refractivity contribution is 0.0947. The quantitative estimate of drug-likeness (QED) is 0.799. The third kappa shape index (κ3) is 2.81. The van der Waals surface area contributed by atoms with Crippen molar-refractivity contribution < 1.29 is 9.21 Å². The number of thiophene rings is 1. The summed E-state index contributed by atoms with van der Waals surface area (Å²) in [6.07, 6.45) is 0. The minimum absolute atomic E-state index is 0.163. The number of hydrogen-bond acceptors (Lipinski definition) is 5. The van der Waals surface area contributed by atoms with E-state index in [4.69, 9.17) is 4.42 Å². The van der Waals surface area contributed by atoms with Crippen molar-refractivity contribution in [3.63, 3.8) is 0 Å². The average molecular weight is 304 g/mol. The normalized spacial score (nSPS) is 10.7. The second-order valence-corrected chi connectivity index (χ2v) is 6.10. The monoisotopic (exact) mass is 304 g/mol. The Balaban J connectivity index is 1.68. The third-order valence-corrected chi connectivity index (χ3v) is 4.42. The minimum atomic E-state index is -0.163. The molecule has 0 spiro atoms. The fourth-order valence-corrected chi connectivity index (χ4v) is 3.12. The predicted octanol–water partition coefficient (Wildman–Crippen LogP) is 3.70. The van der Waals surface area contributed by atoms with Gasteiger partial charge in [-0.2, -0.15) is 0 Å². The molecule has 0 aliphatic rings. The van der Waals surface area contributed by atoms with Crippen molar-refractivity contribution in [3.8, 4) is 10.8 Å². The SMILES string of the molecule is Cc1ccc(-c2nc(C(=O)NCc3cccs3)cs2)o1. The van der Waals surface area contributed by atoms with Gasteiger partial charge in [0.05, 0.1) is 6.54 Å². The van der Waals surface area contributed by atoms with E-state index in [1.54, 1.807) is 16.7 Å². The van der Waals surface area contributed by atoms with Crippen molar-refractivity contribution in [1.82, 2.24) is 10.3 Å². The Kier molecular flexibility index (Phi) is 3.66. The summed E-state index contributed by atoms with van der Waals surface area (Å²) in [6.45, 7) is 2.41. The van der Waals surface area contributed by atoms with Crippen LogP contribution < -0.4 is 5.32 Å². The molecule has 0 bridgehead atoms. The fraction of sp³-hybridized carbons (Fsp3) is 0.143. The predicted molar refractivity (Wildman–Crippen MR) is 80.0 cm³/mol. The fourth-order valence-electron chi connectivity index (χ4n) is 1.71. The van der Waals surface area contributed by atoms with Crippen molar-refractivity contribution in [2.24, 2.45) is 0 Å². The van der Waals surface area contributed by atoms with Crippen molar-refractivity contribution in [1.29, 1.82) is 0 Å². The molecule has 3 rings (SSSR count). The molecule has 6 heteroatoms.